The zero-order valence-electron chi connectivity index (χ0n) is 17.0. The summed E-state index contributed by atoms with van der Waals surface area (Å²) >= 11 is 0. The first-order chi connectivity index (χ1) is 14.3. The van der Waals surface area contributed by atoms with Gasteiger partial charge in [0, 0.05) is 17.8 Å². The van der Waals surface area contributed by atoms with Gasteiger partial charge < -0.3 is 15.4 Å². The second-order valence-corrected chi connectivity index (χ2v) is 8.83. The average molecular weight is 512 g/mol. The number of nitro groups is 1. The predicted octanol–water partition coefficient (Wildman–Crippen LogP) is -4.02. The Hall–Kier alpha value is -1.66. The predicted molar refractivity (Wildman–Crippen MR) is 103 cm³/mol. The first-order valence-corrected chi connectivity index (χ1v) is 10.8. The Morgan fingerprint density at radius 3 is 2.06 bits per heavy atom. The molecule has 0 spiro atoms. The first kappa shape index (κ1) is 29.4. The maximum absolute atomic E-state index is 12.6. The number of nitrogens with zero attached hydrogens (tertiary/aromatic N) is 3. The van der Waals surface area contributed by atoms with Crippen LogP contribution in [0.15, 0.2) is 62.5 Å². The third-order valence-electron chi connectivity index (χ3n) is 4.04. The molecule has 0 heterocycles. The molecular formula is C16H10N4Na2O9S2. The molecule has 17 heteroatoms. The smallest absolute Gasteiger partial charge is 0.870 e. The maximum atomic E-state index is 12.6. The number of rotatable bonds is 5. The summed E-state index contributed by atoms with van der Waals surface area (Å²) in [6.07, 6.45) is 0. The van der Waals surface area contributed by atoms with E-state index in [0.717, 1.165) is 30.3 Å². The molecule has 0 radical (unpaired) electrons. The van der Waals surface area contributed by atoms with Crippen molar-refractivity contribution in [1.29, 1.82) is 0 Å². The van der Waals surface area contributed by atoms with Crippen molar-refractivity contribution in [3.63, 3.8) is 0 Å². The van der Waals surface area contributed by atoms with Crippen LogP contribution in [0.5, 0.6) is 5.75 Å². The molecule has 0 saturated carbocycles. The van der Waals surface area contributed by atoms with Crippen molar-refractivity contribution in [1.82, 2.24) is 0 Å². The minimum Gasteiger partial charge on any atom is -0.870 e. The molecule has 13 nitrogen and oxygen atoms in total. The zero-order chi connectivity index (χ0) is 23.1. The Labute approximate surface area is 230 Å². The molecule has 162 valence electrons. The fourth-order valence-electron chi connectivity index (χ4n) is 2.66. The second kappa shape index (κ2) is 10.7. The summed E-state index contributed by atoms with van der Waals surface area (Å²) in [7, 11) is -9.72. The molecule has 0 aliphatic rings. The van der Waals surface area contributed by atoms with Crippen LogP contribution in [-0.2, 0) is 20.2 Å². The van der Waals surface area contributed by atoms with E-state index in [4.69, 9.17) is 5.73 Å². The van der Waals surface area contributed by atoms with E-state index in [9.17, 15) is 41.2 Å². The number of nitrogen functional groups attached to an aromatic ring is 1. The number of benzene rings is 3. The van der Waals surface area contributed by atoms with Gasteiger partial charge in [-0.15, -0.1) is 5.11 Å². The van der Waals surface area contributed by atoms with E-state index in [-0.39, 0.29) is 81.3 Å². The summed E-state index contributed by atoms with van der Waals surface area (Å²) in [6, 6.07) is 6.55. The number of anilines is 1. The largest absolute Gasteiger partial charge is 1.00 e. The Balaban J connectivity index is 0.00000272. The van der Waals surface area contributed by atoms with Crippen LogP contribution in [0.25, 0.3) is 10.8 Å². The van der Waals surface area contributed by atoms with E-state index < -0.39 is 52.1 Å². The van der Waals surface area contributed by atoms with E-state index >= 15 is 0 Å². The van der Waals surface area contributed by atoms with Crippen molar-refractivity contribution >= 4 is 53.8 Å². The van der Waals surface area contributed by atoms with Gasteiger partial charge in [0.1, 0.15) is 20.7 Å². The van der Waals surface area contributed by atoms with Gasteiger partial charge >= 0.3 is 59.1 Å². The second-order valence-electron chi connectivity index (χ2n) is 6.06. The molecule has 0 aliphatic heterocycles. The van der Waals surface area contributed by atoms with Crippen LogP contribution in [0.4, 0.5) is 22.7 Å². The van der Waals surface area contributed by atoms with Crippen LogP contribution in [-0.4, -0.2) is 30.9 Å². The Morgan fingerprint density at radius 2 is 1.52 bits per heavy atom. The molecule has 0 bridgehead atoms. The Kier molecular flexibility index (Phi) is 9.55. The molecule has 0 atom stereocenters. The van der Waals surface area contributed by atoms with Gasteiger partial charge in [0.05, 0.1) is 15.5 Å². The van der Waals surface area contributed by atoms with E-state index in [2.05, 4.69) is 10.2 Å². The molecule has 33 heavy (non-hydrogen) atoms. The van der Waals surface area contributed by atoms with E-state index in [0.29, 0.717) is 6.07 Å². The molecule has 3 N–H and O–H groups in total. The van der Waals surface area contributed by atoms with Crippen LogP contribution >= 0.6 is 0 Å². The first-order valence-electron chi connectivity index (χ1n) is 7.96. The van der Waals surface area contributed by atoms with Crippen LogP contribution in [0.3, 0.4) is 0 Å². The van der Waals surface area contributed by atoms with Gasteiger partial charge in [0.25, 0.3) is 15.8 Å². The third-order valence-corrected chi connectivity index (χ3v) is 5.74. The number of non-ortho nitro benzene ring substituents is 1. The van der Waals surface area contributed by atoms with Gasteiger partial charge in [-0.1, -0.05) is 11.8 Å². The van der Waals surface area contributed by atoms with Crippen LogP contribution < -0.4 is 70.0 Å². The zero-order valence-corrected chi connectivity index (χ0v) is 22.6. The molecule has 3 aromatic carbocycles. The number of fused-ring (bicyclic) bond motifs is 1. The molecule has 0 saturated heterocycles. The quantitative estimate of drug-likeness (QED) is 0.0840. The van der Waals surface area contributed by atoms with Crippen LogP contribution in [0.2, 0.25) is 0 Å². The third kappa shape index (κ3) is 6.48. The minimum atomic E-state index is -4.91. The summed E-state index contributed by atoms with van der Waals surface area (Å²) in [4.78, 5) is 8.41. The van der Waals surface area contributed by atoms with Crippen molar-refractivity contribution in [2.75, 3.05) is 5.73 Å². The molecule has 0 amide bonds. The maximum Gasteiger partial charge on any atom is 1.00 e. The summed E-state index contributed by atoms with van der Waals surface area (Å²) in [5.41, 5.74) is 3.96. The minimum absolute atomic E-state index is 0. The monoisotopic (exact) mass is 512 g/mol. The van der Waals surface area contributed by atoms with Gasteiger partial charge in [0.2, 0.25) is 0 Å². The SMILES string of the molecule is Nc1cc(S(=O)(=O)[O-])cc2ccc(N=Nc3ccc([N+](=O)[O-])cc3S(=O)(=O)O)c([O-])c12.[Na+].[Na+]. The van der Waals surface area contributed by atoms with Gasteiger partial charge in [-0.2, -0.15) is 13.5 Å². The molecule has 3 rings (SSSR count). The molecule has 0 fully saturated rings. The number of hydrogen-bond donors (Lipinski definition) is 2. The van der Waals surface area contributed by atoms with E-state index in [1.807, 2.05) is 0 Å². The Bertz CT molecular complexity index is 1490. The summed E-state index contributed by atoms with van der Waals surface area (Å²) < 4.78 is 65.9. The van der Waals surface area contributed by atoms with Crippen molar-refractivity contribution in [2.45, 2.75) is 9.79 Å². The normalized spacial score (nSPS) is 11.7. The molecule has 3 aromatic rings. The summed E-state index contributed by atoms with van der Waals surface area (Å²) in [6.45, 7) is 0. The summed E-state index contributed by atoms with van der Waals surface area (Å²) in [5.74, 6) is -0.802. The van der Waals surface area contributed by atoms with Gasteiger partial charge in [0.15, 0.2) is 0 Å². The number of nitro benzene ring substituents is 1. The average Bonchev–Trinajstić information content (AvgIpc) is 2.65. The topological polar surface area (TPSA) is 229 Å². The van der Waals surface area contributed by atoms with Crippen molar-refractivity contribution < 1.29 is 95.1 Å². The fourth-order valence-corrected chi connectivity index (χ4v) is 3.85. The molecule has 0 unspecified atom stereocenters. The van der Waals surface area contributed by atoms with Crippen LogP contribution in [0.1, 0.15) is 0 Å². The van der Waals surface area contributed by atoms with Gasteiger partial charge in [-0.05, 0) is 35.0 Å². The van der Waals surface area contributed by atoms with Crippen LogP contribution in [0, 0.1) is 10.1 Å². The molecule has 0 aliphatic carbocycles. The van der Waals surface area contributed by atoms with Gasteiger partial charge in [-0.3, -0.25) is 14.7 Å². The number of azo groups is 1. The summed E-state index contributed by atoms with van der Waals surface area (Å²) in [5, 5.41) is 30.6. The van der Waals surface area contributed by atoms with E-state index in [1.54, 1.807) is 0 Å². The number of hydrogen-bond acceptors (Lipinski definition) is 11. The molecular weight excluding hydrogens is 502 g/mol. The standard InChI is InChI=1S/C16H12N4O9S2.2Na/c17-11-7-10(30(24,25)26)5-8-1-3-13(16(21)15(8)11)19-18-12-4-2-9(20(22)23)6-14(12)31(27,28)29;;/h1-7,21H,17H2,(H,24,25,26)(H,27,28,29);;/q;2*+1/p-2. The molecule has 0 aromatic heterocycles. The fraction of sp³-hybridized carbons (Fsp3) is 0. The van der Waals surface area contributed by atoms with Crippen molar-refractivity contribution in [3.05, 3.63) is 52.6 Å². The van der Waals surface area contributed by atoms with Crippen molar-refractivity contribution in [2.24, 2.45) is 10.2 Å². The van der Waals surface area contributed by atoms with Crippen molar-refractivity contribution in [3.8, 4) is 5.75 Å². The van der Waals surface area contributed by atoms with E-state index in [1.165, 1.54) is 6.07 Å². The van der Waals surface area contributed by atoms with Gasteiger partial charge in [-0.25, -0.2) is 8.42 Å². The Morgan fingerprint density at radius 1 is 0.939 bits per heavy atom. The number of nitrogens with two attached hydrogens (primary N) is 1.